The first kappa shape index (κ1) is 14.2. The van der Waals surface area contributed by atoms with Gasteiger partial charge in [-0.1, -0.05) is 24.3 Å². The summed E-state index contributed by atoms with van der Waals surface area (Å²) in [7, 11) is 0. The zero-order chi connectivity index (χ0) is 15.4. The minimum absolute atomic E-state index is 0.0534. The van der Waals surface area contributed by atoms with Crippen LogP contribution in [0.5, 0.6) is 5.75 Å². The van der Waals surface area contributed by atoms with E-state index in [1.54, 1.807) is 0 Å². The van der Waals surface area contributed by atoms with E-state index >= 15 is 0 Å². The Hall–Kier alpha value is -2.75. The van der Waals surface area contributed by atoms with Crippen molar-refractivity contribution < 1.29 is 9.53 Å². The second-order valence-electron chi connectivity index (χ2n) is 5.18. The van der Waals surface area contributed by atoms with Crippen LogP contribution >= 0.6 is 0 Å². The Morgan fingerprint density at radius 3 is 2.77 bits per heavy atom. The second kappa shape index (κ2) is 6.35. The molecule has 0 saturated carbocycles. The molecule has 0 unspecified atom stereocenters. The fraction of sp³-hybridized carbons (Fsp3) is 0.167. The number of benzene rings is 2. The Morgan fingerprint density at radius 1 is 1.14 bits per heavy atom. The third-order valence-electron chi connectivity index (χ3n) is 3.41. The molecule has 0 bridgehead atoms. The molecule has 0 radical (unpaired) electrons. The number of aryl methyl sites for hydroxylation is 1. The number of hydrogen-bond donors (Lipinski definition) is 2. The molecule has 0 aliphatic carbocycles. The fourth-order valence-corrected chi connectivity index (χ4v) is 2.39. The SMILES string of the molecule is Cc1cc2c(NC(=O)CCOc3ccccc3)cccc2[nH]1. The van der Waals surface area contributed by atoms with E-state index in [9.17, 15) is 4.79 Å². The molecule has 22 heavy (non-hydrogen) atoms. The lowest BCUT2D eigenvalue weighted by Crippen LogP contribution is -2.15. The quantitative estimate of drug-likeness (QED) is 0.750. The van der Waals surface area contributed by atoms with Crippen molar-refractivity contribution in [2.24, 2.45) is 0 Å². The zero-order valence-corrected chi connectivity index (χ0v) is 12.4. The number of aromatic amines is 1. The Labute approximate surface area is 129 Å². The molecule has 0 aliphatic heterocycles. The lowest BCUT2D eigenvalue weighted by molar-refractivity contribution is -0.116. The molecule has 2 N–H and O–H groups in total. The van der Waals surface area contributed by atoms with Gasteiger partial charge in [0.2, 0.25) is 5.91 Å². The molecule has 1 heterocycles. The number of nitrogens with one attached hydrogen (secondary N) is 2. The largest absolute Gasteiger partial charge is 0.493 e. The smallest absolute Gasteiger partial charge is 0.227 e. The minimum atomic E-state index is -0.0534. The average Bonchev–Trinajstić information content (AvgIpc) is 2.90. The molecule has 0 saturated heterocycles. The van der Waals surface area contributed by atoms with E-state index in [4.69, 9.17) is 4.74 Å². The number of rotatable bonds is 5. The summed E-state index contributed by atoms with van der Waals surface area (Å²) in [6.45, 7) is 2.36. The highest BCUT2D eigenvalue weighted by Crippen LogP contribution is 2.24. The number of carbonyl (C=O) groups excluding carboxylic acids is 1. The van der Waals surface area contributed by atoms with Gasteiger partial charge >= 0.3 is 0 Å². The highest BCUT2D eigenvalue weighted by Gasteiger charge is 2.07. The van der Waals surface area contributed by atoms with Crippen LogP contribution < -0.4 is 10.1 Å². The van der Waals surface area contributed by atoms with Gasteiger partial charge in [0.1, 0.15) is 5.75 Å². The highest BCUT2D eigenvalue weighted by molar-refractivity contribution is 6.01. The molecule has 0 fully saturated rings. The molecular formula is C18H18N2O2. The third kappa shape index (κ3) is 3.28. The van der Waals surface area contributed by atoms with Gasteiger partial charge in [-0.3, -0.25) is 4.79 Å². The van der Waals surface area contributed by atoms with Crippen LogP contribution in [-0.2, 0) is 4.79 Å². The van der Waals surface area contributed by atoms with Gasteiger partial charge in [-0.15, -0.1) is 0 Å². The van der Waals surface area contributed by atoms with E-state index in [0.717, 1.165) is 28.0 Å². The lowest BCUT2D eigenvalue weighted by atomic mass is 10.2. The maximum Gasteiger partial charge on any atom is 0.227 e. The average molecular weight is 294 g/mol. The standard InChI is InChI=1S/C18H18N2O2/c1-13-12-15-16(19-13)8-5-9-17(15)20-18(21)10-11-22-14-6-3-2-4-7-14/h2-9,12,19H,10-11H2,1H3,(H,20,21). The van der Waals surface area contributed by atoms with Crippen LogP contribution in [0.1, 0.15) is 12.1 Å². The summed E-state index contributed by atoms with van der Waals surface area (Å²) in [5.41, 5.74) is 2.92. The number of hydrogen-bond acceptors (Lipinski definition) is 2. The molecule has 0 spiro atoms. The van der Waals surface area contributed by atoms with Gasteiger partial charge in [0.15, 0.2) is 0 Å². The van der Waals surface area contributed by atoms with Crippen molar-refractivity contribution in [3.8, 4) is 5.75 Å². The van der Waals surface area contributed by atoms with Crippen molar-refractivity contribution in [1.82, 2.24) is 4.98 Å². The number of ether oxygens (including phenoxy) is 1. The molecule has 3 aromatic rings. The van der Waals surface area contributed by atoms with E-state index in [1.165, 1.54) is 0 Å². The Morgan fingerprint density at radius 2 is 1.95 bits per heavy atom. The number of aromatic nitrogens is 1. The second-order valence-corrected chi connectivity index (χ2v) is 5.18. The molecule has 4 heteroatoms. The molecule has 1 amide bonds. The monoisotopic (exact) mass is 294 g/mol. The summed E-state index contributed by atoms with van der Waals surface area (Å²) < 4.78 is 5.54. The number of H-pyrrole nitrogens is 1. The molecule has 112 valence electrons. The fourth-order valence-electron chi connectivity index (χ4n) is 2.39. The number of para-hydroxylation sites is 1. The third-order valence-corrected chi connectivity index (χ3v) is 3.41. The van der Waals surface area contributed by atoms with Crippen molar-refractivity contribution >= 4 is 22.5 Å². The summed E-state index contributed by atoms with van der Waals surface area (Å²) in [6.07, 6.45) is 0.314. The van der Waals surface area contributed by atoms with Crippen molar-refractivity contribution in [2.45, 2.75) is 13.3 Å². The highest BCUT2D eigenvalue weighted by atomic mass is 16.5. The van der Waals surface area contributed by atoms with E-state index in [2.05, 4.69) is 10.3 Å². The van der Waals surface area contributed by atoms with Gasteiger partial charge in [-0.05, 0) is 37.3 Å². The first-order valence-corrected chi connectivity index (χ1v) is 7.28. The Bertz CT molecular complexity index is 778. The Kier molecular flexibility index (Phi) is 4.10. The van der Waals surface area contributed by atoms with E-state index in [-0.39, 0.29) is 5.91 Å². The number of anilines is 1. The molecule has 2 aromatic carbocycles. The van der Waals surface area contributed by atoms with Crippen LogP contribution in [0.25, 0.3) is 10.9 Å². The first-order valence-electron chi connectivity index (χ1n) is 7.28. The van der Waals surface area contributed by atoms with Gasteiger partial charge in [0.25, 0.3) is 0 Å². The predicted molar refractivity (Wildman–Crippen MR) is 88.2 cm³/mol. The summed E-state index contributed by atoms with van der Waals surface area (Å²) >= 11 is 0. The van der Waals surface area contributed by atoms with Gasteiger partial charge in [-0.2, -0.15) is 0 Å². The molecular weight excluding hydrogens is 276 g/mol. The number of fused-ring (bicyclic) bond motifs is 1. The van der Waals surface area contributed by atoms with E-state index in [0.29, 0.717) is 13.0 Å². The van der Waals surface area contributed by atoms with Crippen LogP contribution in [-0.4, -0.2) is 17.5 Å². The first-order chi connectivity index (χ1) is 10.7. The molecule has 1 aromatic heterocycles. The van der Waals surface area contributed by atoms with Crippen molar-refractivity contribution in [1.29, 1.82) is 0 Å². The van der Waals surface area contributed by atoms with Gasteiger partial charge in [0.05, 0.1) is 18.7 Å². The summed E-state index contributed by atoms with van der Waals surface area (Å²) in [5, 5.41) is 3.97. The summed E-state index contributed by atoms with van der Waals surface area (Å²) in [6, 6.07) is 17.4. The van der Waals surface area contributed by atoms with Crippen LogP contribution in [0.4, 0.5) is 5.69 Å². The van der Waals surface area contributed by atoms with Crippen LogP contribution in [0.3, 0.4) is 0 Å². The predicted octanol–water partition coefficient (Wildman–Crippen LogP) is 3.88. The maximum absolute atomic E-state index is 12.1. The summed E-state index contributed by atoms with van der Waals surface area (Å²) in [5.74, 6) is 0.723. The van der Waals surface area contributed by atoms with Gasteiger partial charge in [-0.25, -0.2) is 0 Å². The van der Waals surface area contributed by atoms with Crippen LogP contribution in [0.2, 0.25) is 0 Å². The van der Waals surface area contributed by atoms with Crippen molar-refractivity contribution in [2.75, 3.05) is 11.9 Å². The number of carbonyl (C=O) groups is 1. The van der Waals surface area contributed by atoms with Gasteiger partial charge < -0.3 is 15.0 Å². The number of amides is 1. The Balaban J connectivity index is 1.59. The molecule has 0 atom stereocenters. The lowest BCUT2D eigenvalue weighted by Gasteiger charge is -2.08. The topological polar surface area (TPSA) is 54.1 Å². The molecule has 0 aliphatic rings. The van der Waals surface area contributed by atoms with E-state index < -0.39 is 0 Å². The van der Waals surface area contributed by atoms with Crippen LogP contribution in [0, 0.1) is 6.92 Å². The van der Waals surface area contributed by atoms with Crippen molar-refractivity contribution in [3.05, 3.63) is 60.3 Å². The zero-order valence-electron chi connectivity index (χ0n) is 12.4. The molecule has 4 nitrogen and oxygen atoms in total. The summed E-state index contributed by atoms with van der Waals surface area (Å²) in [4.78, 5) is 15.3. The van der Waals surface area contributed by atoms with Gasteiger partial charge in [0, 0.05) is 16.6 Å². The van der Waals surface area contributed by atoms with Crippen molar-refractivity contribution in [3.63, 3.8) is 0 Å². The van der Waals surface area contributed by atoms with E-state index in [1.807, 2.05) is 61.5 Å². The molecule has 3 rings (SSSR count). The minimum Gasteiger partial charge on any atom is -0.493 e. The maximum atomic E-state index is 12.1. The van der Waals surface area contributed by atoms with Crippen LogP contribution in [0.15, 0.2) is 54.6 Å². The normalized spacial score (nSPS) is 10.6.